The minimum atomic E-state index is -0.0805. The molecule has 3 rings (SSSR count). The zero-order valence-electron chi connectivity index (χ0n) is 10.4. The lowest BCUT2D eigenvalue weighted by Gasteiger charge is -2.09. The largest absolute Gasteiger partial charge is 0.331 e. The molecular formula is C13H16N4O. The Bertz CT molecular complexity index is 607. The smallest absolute Gasteiger partial charge is 0.251 e. The van der Waals surface area contributed by atoms with Crippen LogP contribution in [0.4, 0.5) is 0 Å². The van der Waals surface area contributed by atoms with E-state index in [1.54, 1.807) is 18.6 Å². The molecule has 1 N–H and O–H groups in total. The SMILES string of the molecule is Cn1cncc1-c1nc(C2CCCC2)cc(=O)[nH]1. The van der Waals surface area contributed by atoms with Crippen LogP contribution in [0.5, 0.6) is 0 Å². The Labute approximate surface area is 105 Å². The first-order valence-corrected chi connectivity index (χ1v) is 6.32. The molecule has 94 valence electrons. The van der Waals surface area contributed by atoms with Crippen molar-refractivity contribution in [2.24, 2.45) is 7.05 Å². The van der Waals surface area contributed by atoms with E-state index in [-0.39, 0.29) is 5.56 Å². The first kappa shape index (κ1) is 11.2. The van der Waals surface area contributed by atoms with Crippen molar-refractivity contribution in [3.8, 4) is 11.5 Å². The van der Waals surface area contributed by atoms with Crippen molar-refractivity contribution in [2.45, 2.75) is 31.6 Å². The van der Waals surface area contributed by atoms with Gasteiger partial charge in [0.25, 0.3) is 5.56 Å². The third kappa shape index (κ3) is 1.96. The third-order valence-corrected chi connectivity index (χ3v) is 3.59. The van der Waals surface area contributed by atoms with E-state index in [0.29, 0.717) is 11.7 Å². The van der Waals surface area contributed by atoms with Crippen LogP contribution in [0.3, 0.4) is 0 Å². The van der Waals surface area contributed by atoms with Crippen molar-refractivity contribution < 1.29 is 0 Å². The van der Waals surface area contributed by atoms with E-state index in [0.717, 1.165) is 24.2 Å². The second-order valence-corrected chi connectivity index (χ2v) is 4.89. The zero-order chi connectivity index (χ0) is 12.5. The topological polar surface area (TPSA) is 63.6 Å². The average Bonchev–Trinajstić information content (AvgIpc) is 2.98. The molecule has 0 unspecified atom stereocenters. The van der Waals surface area contributed by atoms with E-state index in [1.807, 2.05) is 11.6 Å². The van der Waals surface area contributed by atoms with Crippen LogP contribution in [0.1, 0.15) is 37.3 Å². The van der Waals surface area contributed by atoms with Gasteiger partial charge in [0.05, 0.1) is 18.2 Å². The van der Waals surface area contributed by atoms with Crippen molar-refractivity contribution in [1.82, 2.24) is 19.5 Å². The van der Waals surface area contributed by atoms with Crippen LogP contribution in [0.2, 0.25) is 0 Å². The Morgan fingerprint density at radius 3 is 2.83 bits per heavy atom. The minimum absolute atomic E-state index is 0.0805. The van der Waals surface area contributed by atoms with Crippen molar-refractivity contribution in [3.05, 3.63) is 34.6 Å². The monoisotopic (exact) mass is 244 g/mol. The summed E-state index contributed by atoms with van der Waals surface area (Å²) in [6.45, 7) is 0. The molecule has 0 aliphatic heterocycles. The van der Waals surface area contributed by atoms with Crippen molar-refractivity contribution in [1.29, 1.82) is 0 Å². The van der Waals surface area contributed by atoms with Crippen LogP contribution < -0.4 is 5.56 Å². The number of H-pyrrole nitrogens is 1. The summed E-state index contributed by atoms with van der Waals surface area (Å²) in [5, 5.41) is 0. The predicted octanol–water partition coefficient (Wildman–Crippen LogP) is 1.83. The number of hydrogen-bond donors (Lipinski definition) is 1. The Hall–Kier alpha value is -1.91. The summed E-state index contributed by atoms with van der Waals surface area (Å²) >= 11 is 0. The van der Waals surface area contributed by atoms with Crippen LogP contribution in [0.15, 0.2) is 23.4 Å². The Morgan fingerprint density at radius 1 is 1.39 bits per heavy atom. The highest BCUT2D eigenvalue weighted by molar-refractivity contribution is 5.48. The fraction of sp³-hybridized carbons (Fsp3) is 0.462. The van der Waals surface area contributed by atoms with Crippen LogP contribution in [0, 0.1) is 0 Å². The number of hydrogen-bond acceptors (Lipinski definition) is 3. The van der Waals surface area contributed by atoms with Crippen LogP contribution in [0.25, 0.3) is 11.5 Å². The quantitative estimate of drug-likeness (QED) is 0.876. The normalized spacial score (nSPS) is 16.3. The van der Waals surface area contributed by atoms with Gasteiger partial charge in [-0.3, -0.25) is 4.79 Å². The summed E-state index contributed by atoms with van der Waals surface area (Å²) < 4.78 is 1.86. The first-order chi connectivity index (χ1) is 8.74. The van der Waals surface area contributed by atoms with Gasteiger partial charge in [-0.1, -0.05) is 12.8 Å². The molecule has 0 saturated heterocycles. The van der Waals surface area contributed by atoms with Gasteiger partial charge in [0, 0.05) is 19.0 Å². The molecule has 0 atom stereocenters. The second-order valence-electron chi connectivity index (χ2n) is 4.89. The lowest BCUT2D eigenvalue weighted by atomic mass is 10.0. The summed E-state index contributed by atoms with van der Waals surface area (Å²) in [6.07, 6.45) is 8.18. The lowest BCUT2D eigenvalue weighted by Crippen LogP contribution is -2.13. The molecule has 0 aromatic carbocycles. The number of aromatic nitrogens is 4. The first-order valence-electron chi connectivity index (χ1n) is 6.32. The van der Waals surface area contributed by atoms with E-state index in [9.17, 15) is 4.79 Å². The molecule has 1 saturated carbocycles. The summed E-state index contributed by atoms with van der Waals surface area (Å²) in [5.41, 5.74) is 1.68. The van der Waals surface area contributed by atoms with E-state index < -0.39 is 0 Å². The van der Waals surface area contributed by atoms with Gasteiger partial charge in [0.2, 0.25) is 0 Å². The van der Waals surface area contributed by atoms with Crippen molar-refractivity contribution >= 4 is 0 Å². The Morgan fingerprint density at radius 2 is 2.17 bits per heavy atom. The van der Waals surface area contributed by atoms with E-state index in [4.69, 9.17) is 0 Å². The predicted molar refractivity (Wildman–Crippen MR) is 68.3 cm³/mol. The van der Waals surface area contributed by atoms with Crippen LogP contribution >= 0.6 is 0 Å². The van der Waals surface area contributed by atoms with Crippen LogP contribution in [-0.2, 0) is 7.05 Å². The van der Waals surface area contributed by atoms with Gasteiger partial charge in [-0.15, -0.1) is 0 Å². The molecule has 1 fully saturated rings. The van der Waals surface area contributed by atoms with Crippen molar-refractivity contribution in [3.63, 3.8) is 0 Å². The third-order valence-electron chi connectivity index (χ3n) is 3.59. The number of aromatic amines is 1. The molecule has 2 heterocycles. The van der Waals surface area contributed by atoms with Gasteiger partial charge in [-0.05, 0) is 12.8 Å². The molecule has 0 bridgehead atoms. The highest BCUT2D eigenvalue weighted by Crippen LogP contribution is 2.32. The Balaban J connectivity index is 2.06. The molecule has 0 amide bonds. The summed E-state index contributed by atoms with van der Waals surface area (Å²) in [4.78, 5) is 23.2. The lowest BCUT2D eigenvalue weighted by molar-refractivity contribution is 0.692. The van der Waals surface area contributed by atoms with E-state index in [2.05, 4.69) is 15.0 Å². The molecule has 5 heteroatoms. The van der Waals surface area contributed by atoms with Gasteiger partial charge in [0.15, 0.2) is 5.82 Å². The molecule has 0 radical (unpaired) electrons. The molecule has 5 nitrogen and oxygen atoms in total. The standard InChI is InChI=1S/C13H16N4O/c1-17-8-14-7-11(17)13-15-10(6-12(18)16-13)9-4-2-3-5-9/h6-9H,2-5H2,1H3,(H,15,16,18). The second kappa shape index (κ2) is 4.40. The number of aryl methyl sites for hydroxylation is 1. The number of rotatable bonds is 2. The van der Waals surface area contributed by atoms with E-state index >= 15 is 0 Å². The zero-order valence-corrected chi connectivity index (χ0v) is 10.4. The number of imidazole rings is 1. The maximum atomic E-state index is 11.7. The molecule has 0 spiro atoms. The average molecular weight is 244 g/mol. The van der Waals surface area contributed by atoms with Gasteiger partial charge in [-0.2, -0.15) is 0 Å². The maximum Gasteiger partial charge on any atom is 0.251 e. The molecule has 2 aromatic rings. The minimum Gasteiger partial charge on any atom is -0.331 e. The fourth-order valence-electron chi connectivity index (χ4n) is 2.61. The molecule has 18 heavy (non-hydrogen) atoms. The van der Waals surface area contributed by atoms with Crippen LogP contribution in [-0.4, -0.2) is 19.5 Å². The Kier molecular flexibility index (Phi) is 2.74. The maximum absolute atomic E-state index is 11.7. The van der Waals surface area contributed by atoms with Gasteiger partial charge < -0.3 is 9.55 Å². The van der Waals surface area contributed by atoms with Gasteiger partial charge >= 0.3 is 0 Å². The summed E-state index contributed by atoms with van der Waals surface area (Å²) in [5.74, 6) is 1.06. The van der Waals surface area contributed by atoms with E-state index in [1.165, 1.54) is 12.8 Å². The highest BCUT2D eigenvalue weighted by atomic mass is 16.1. The molecule has 1 aliphatic carbocycles. The van der Waals surface area contributed by atoms with Gasteiger partial charge in [0.1, 0.15) is 5.69 Å². The molecule has 1 aliphatic rings. The highest BCUT2D eigenvalue weighted by Gasteiger charge is 2.20. The fourth-order valence-corrected chi connectivity index (χ4v) is 2.61. The summed E-state index contributed by atoms with van der Waals surface area (Å²) in [6, 6.07) is 1.63. The van der Waals surface area contributed by atoms with Gasteiger partial charge in [-0.25, -0.2) is 9.97 Å². The number of nitrogens with one attached hydrogen (secondary N) is 1. The van der Waals surface area contributed by atoms with Crippen molar-refractivity contribution in [2.75, 3.05) is 0 Å². The summed E-state index contributed by atoms with van der Waals surface area (Å²) in [7, 11) is 1.89. The molecular weight excluding hydrogens is 228 g/mol. The number of nitrogens with zero attached hydrogens (tertiary/aromatic N) is 3. The molecule has 2 aromatic heterocycles.